The molecule has 0 fully saturated rings. The van der Waals surface area contributed by atoms with E-state index in [0.29, 0.717) is 34.3 Å². The maximum atomic E-state index is 13.0. The van der Waals surface area contributed by atoms with Gasteiger partial charge >= 0.3 is 5.97 Å². The molecule has 0 saturated carbocycles. The highest BCUT2D eigenvalue weighted by Gasteiger charge is 2.26. The van der Waals surface area contributed by atoms with E-state index in [1.54, 1.807) is 18.2 Å². The molecule has 0 atom stereocenters. The Labute approximate surface area is 184 Å². The number of hydrogen-bond acceptors (Lipinski definition) is 7. The van der Waals surface area contributed by atoms with Gasteiger partial charge in [-0.1, -0.05) is 0 Å². The number of methoxy groups -OCH3 is 1. The Balaban J connectivity index is 1.60. The van der Waals surface area contributed by atoms with Crippen LogP contribution < -0.4 is 25.0 Å². The fourth-order valence-corrected chi connectivity index (χ4v) is 3.48. The first-order chi connectivity index (χ1) is 15.3. The van der Waals surface area contributed by atoms with E-state index in [1.165, 1.54) is 18.1 Å². The van der Waals surface area contributed by atoms with Gasteiger partial charge < -0.3 is 24.8 Å². The van der Waals surface area contributed by atoms with Crippen LogP contribution in [0.5, 0.6) is 11.5 Å². The van der Waals surface area contributed by atoms with Crippen molar-refractivity contribution in [1.82, 2.24) is 0 Å². The molecule has 2 aliphatic rings. The van der Waals surface area contributed by atoms with Gasteiger partial charge in [-0.15, -0.1) is 0 Å². The van der Waals surface area contributed by atoms with E-state index in [9.17, 15) is 14.4 Å². The van der Waals surface area contributed by atoms with E-state index in [0.717, 1.165) is 11.1 Å². The normalized spacial score (nSPS) is 14.2. The highest BCUT2D eigenvalue weighted by atomic mass is 16.7. The lowest BCUT2D eigenvalue weighted by molar-refractivity contribution is -0.139. The minimum atomic E-state index is -0.476. The molecular formula is C23H23N3O6. The van der Waals surface area contributed by atoms with E-state index in [2.05, 4.69) is 10.6 Å². The quantitative estimate of drug-likeness (QED) is 0.693. The van der Waals surface area contributed by atoms with Crippen LogP contribution in [-0.2, 0) is 19.1 Å². The average Bonchev–Trinajstić information content (AvgIpc) is 3.18. The maximum Gasteiger partial charge on any atom is 0.311 e. The number of fused-ring (bicyclic) bond motifs is 2. The summed E-state index contributed by atoms with van der Waals surface area (Å²) >= 11 is 0. The molecule has 2 aromatic rings. The predicted molar refractivity (Wildman–Crippen MR) is 118 cm³/mol. The van der Waals surface area contributed by atoms with Crippen molar-refractivity contribution in [1.29, 1.82) is 0 Å². The molecule has 2 amide bonds. The summed E-state index contributed by atoms with van der Waals surface area (Å²) in [6, 6.07) is 8.81. The molecule has 0 aliphatic carbocycles. The monoisotopic (exact) mass is 437 g/mol. The van der Waals surface area contributed by atoms with E-state index >= 15 is 0 Å². The van der Waals surface area contributed by atoms with Crippen LogP contribution in [0.4, 0.5) is 17.1 Å². The van der Waals surface area contributed by atoms with E-state index < -0.39 is 11.9 Å². The topological polar surface area (TPSA) is 106 Å². The molecule has 0 bridgehead atoms. The van der Waals surface area contributed by atoms with Gasteiger partial charge in [0.1, 0.15) is 6.54 Å². The van der Waals surface area contributed by atoms with Gasteiger partial charge in [-0.25, -0.2) is 0 Å². The number of benzene rings is 2. The summed E-state index contributed by atoms with van der Waals surface area (Å²) in [6.45, 7) is 3.80. The number of amides is 2. The van der Waals surface area contributed by atoms with E-state index in [4.69, 9.17) is 14.2 Å². The molecule has 0 radical (unpaired) electrons. The number of aryl methyl sites for hydroxylation is 2. The summed E-state index contributed by atoms with van der Waals surface area (Å²) in [5, 5.41) is 5.93. The Morgan fingerprint density at radius 2 is 1.88 bits per heavy atom. The molecule has 166 valence electrons. The summed E-state index contributed by atoms with van der Waals surface area (Å²) in [4.78, 5) is 39.0. The highest BCUT2D eigenvalue weighted by molar-refractivity contribution is 6.10. The molecule has 0 unspecified atom stereocenters. The summed E-state index contributed by atoms with van der Waals surface area (Å²) in [7, 11) is 1.29. The minimum absolute atomic E-state index is 0.0914. The van der Waals surface area contributed by atoms with Gasteiger partial charge in [0, 0.05) is 23.5 Å². The molecule has 4 rings (SSSR count). The van der Waals surface area contributed by atoms with Crippen LogP contribution in [0.3, 0.4) is 0 Å². The summed E-state index contributed by atoms with van der Waals surface area (Å²) in [5.74, 6) is -0.120. The Kier molecular flexibility index (Phi) is 5.72. The molecule has 2 heterocycles. The van der Waals surface area contributed by atoms with Gasteiger partial charge in [-0.2, -0.15) is 0 Å². The number of ether oxygens (including phenoxy) is 3. The first-order valence-electron chi connectivity index (χ1n) is 10.0. The van der Waals surface area contributed by atoms with Crippen LogP contribution >= 0.6 is 0 Å². The van der Waals surface area contributed by atoms with Crippen molar-refractivity contribution in [3.63, 3.8) is 0 Å². The lowest BCUT2D eigenvalue weighted by atomic mass is 10.1. The molecule has 32 heavy (non-hydrogen) atoms. The largest absolute Gasteiger partial charge is 0.469 e. The Morgan fingerprint density at radius 3 is 2.66 bits per heavy atom. The number of hydrogen-bond donors (Lipinski definition) is 2. The molecule has 0 saturated heterocycles. The van der Waals surface area contributed by atoms with Gasteiger partial charge in [0.15, 0.2) is 11.5 Å². The molecule has 9 nitrogen and oxygen atoms in total. The average molecular weight is 437 g/mol. The molecule has 2 aromatic carbocycles. The highest BCUT2D eigenvalue weighted by Crippen LogP contribution is 2.35. The van der Waals surface area contributed by atoms with Gasteiger partial charge in [0.05, 0.1) is 24.9 Å². The fourth-order valence-electron chi connectivity index (χ4n) is 3.48. The molecule has 0 aromatic heterocycles. The maximum absolute atomic E-state index is 13.0. The van der Waals surface area contributed by atoms with Crippen molar-refractivity contribution >= 4 is 34.8 Å². The standard InChI is InChI=1S/C23H23N3O6/c1-13-6-17-18(7-14(13)2)26(22(28)9-16(24-17)10-23(29)30-3)11-21(27)25-15-4-5-19-20(8-15)32-12-31-19/h4-9,24H,10-12H2,1-3H3,(H,25,27). The Hall–Kier alpha value is -4.01. The first-order valence-corrected chi connectivity index (χ1v) is 10.0. The summed E-state index contributed by atoms with van der Waals surface area (Å²) in [5.41, 5.74) is 4.08. The summed E-state index contributed by atoms with van der Waals surface area (Å²) < 4.78 is 15.3. The van der Waals surface area contributed by atoms with Crippen LogP contribution in [-0.4, -0.2) is 38.2 Å². The number of nitrogens with zero attached hydrogens (tertiary/aromatic N) is 1. The second kappa shape index (κ2) is 8.62. The zero-order chi connectivity index (χ0) is 22.8. The molecule has 2 aliphatic heterocycles. The zero-order valence-corrected chi connectivity index (χ0v) is 18.0. The molecule has 2 N–H and O–H groups in total. The number of carbonyl (C=O) groups excluding carboxylic acids is 3. The SMILES string of the molecule is COC(=O)CC1=CC(=O)N(CC(=O)Nc2ccc3c(c2)OCO3)c2cc(C)c(C)cc2N1. The molecular weight excluding hydrogens is 414 g/mol. The second-order valence-electron chi connectivity index (χ2n) is 7.54. The predicted octanol–water partition coefficient (Wildman–Crippen LogP) is 2.88. The van der Waals surface area contributed by atoms with Crippen molar-refractivity contribution in [2.24, 2.45) is 0 Å². The Morgan fingerprint density at radius 1 is 1.12 bits per heavy atom. The van der Waals surface area contributed by atoms with Crippen molar-refractivity contribution in [3.8, 4) is 11.5 Å². The van der Waals surface area contributed by atoms with Crippen LogP contribution in [0.15, 0.2) is 42.1 Å². The third-order valence-electron chi connectivity index (χ3n) is 5.28. The van der Waals surface area contributed by atoms with E-state index in [1.807, 2.05) is 26.0 Å². The van der Waals surface area contributed by atoms with E-state index in [-0.39, 0.29) is 25.7 Å². The Bertz CT molecular complexity index is 1140. The first kappa shape index (κ1) is 21.2. The minimum Gasteiger partial charge on any atom is -0.469 e. The van der Waals surface area contributed by atoms with Crippen LogP contribution in [0.2, 0.25) is 0 Å². The van der Waals surface area contributed by atoms with Gasteiger partial charge in [0.25, 0.3) is 5.91 Å². The zero-order valence-electron chi connectivity index (χ0n) is 18.0. The summed E-state index contributed by atoms with van der Waals surface area (Å²) in [6.07, 6.45) is 1.22. The number of nitrogens with one attached hydrogen (secondary N) is 2. The third kappa shape index (κ3) is 4.36. The van der Waals surface area contributed by atoms with Crippen molar-refractivity contribution in [2.45, 2.75) is 20.3 Å². The fraction of sp³-hybridized carbons (Fsp3) is 0.261. The van der Waals surface area contributed by atoms with Crippen LogP contribution in [0.25, 0.3) is 0 Å². The van der Waals surface area contributed by atoms with Crippen molar-refractivity contribution in [2.75, 3.05) is 36.0 Å². The lowest BCUT2D eigenvalue weighted by Gasteiger charge is -2.23. The molecule has 9 heteroatoms. The van der Waals surface area contributed by atoms with Crippen molar-refractivity contribution in [3.05, 3.63) is 53.2 Å². The van der Waals surface area contributed by atoms with Gasteiger partial charge in [-0.3, -0.25) is 19.3 Å². The number of esters is 1. The lowest BCUT2D eigenvalue weighted by Crippen LogP contribution is -2.37. The third-order valence-corrected chi connectivity index (χ3v) is 5.28. The van der Waals surface area contributed by atoms with Gasteiger partial charge in [0.2, 0.25) is 12.7 Å². The smallest absolute Gasteiger partial charge is 0.311 e. The number of carbonyl (C=O) groups is 3. The van der Waals surface area contributed by atoms with Crippen molar-refractivity contribution < 1.29 is 28.6 Å². The van der Waals surface area contributed by atoms with Crippen LogP contribution in [0, 0.1) is 13.8 Å². The number of anilines is 3. The number of rotatable bonds is 5. The van der Waals surface area contributed by atoms with Crippen LogP contribution in [0.1, 0.15) is 17.5 Å². The van der Waals surface area contributed by atoms with Gasteiger partial charge in [-0.05, 0) is 49.2 Å². The second-order valence-corrected chi connectivity index (χ2v) is 7.54. The molecule has 0 spiro atoms.